The second kappa shape index (κ2) is 6.32. The Morgan fingerprint density at radius 1 is 1.23 bits per heavy atom. The van der Waals surface area contributed by atoms with Gasteiger partial charge >= 0.3 is 0 Å². The van der Waals surface area contributed by atoms with Crippen molar-refractivity contribution in [3.05, 3.63) is 24.0 Å². The van der Waals surface area contributed by atoms with Gasteiger partial charge in [0.15, 0.2) is 0 Å². The number of aryl methyl sites for hydroxylation is 1. The maximum Gasteiger partial charge on any atom is 0.243 e. The third-order valence-electron chi connectivity index (χ3n) is 5.65. The van der Waals surface area contributed by atoms with E-state index in [2.05, 4.69) is 18.4 Å². The Labute approximate surface area is 155 Å². The summed E-state index contributed by atoms with van der Waals surface area (Å²) in [6.07, 6.45) is 3.74. The number of aromatic nitrogens is 2. The van der Waals surface area contributed by atoms with Gasteiger partial charge in [-0.25, -0.2) is 13.4 Å². The third kappa shape index (κ3) is 3.06. The number of rotatable bonds is 3. The minimum atomic E-state index is -3.41. The van der Waals surface area contributed by atoms with Crippen molar-refractivity contribution in [2.45, 2.75) is 55.9 Å². The molecule has 0 saturated carbocycles. The second-order valence-corrected chi connectivity index (χ2v) is 10.0. The van der Waals surface area contributed by atoms with E-state index in [0.29, 0.717) is 23.9 Å². The molecule has 1 aromatic carbocycles. The highest BCUT2D eigenvalue weighted by Gasteiger charge is 2.33. The summed E-state index contributed by atoms with van der Waals surface area (Å²) in [5, 5.41) is 0. The van der Waals surface area contributed by atoms with E-state index in [1.54, 1.807) is 16.4 Å². The van der Waals surface area contributed by atoms with Crippen LogP contribution in [0.2, 0.25) is 0 Å². The largest absolute Gasteiger partial charge is 0.376 e. The van der Waals surface area contributed by atoms with Crippen molar-refractivity contribution in [3.63, 3.8) is 0 Å². The van der Waals surface area contributed by atoms with Gasteiger partial charge in [-0.15, -0.1) is 0 Å². The second-order valence-electron chi connectivity index (χ2n) is 8.09. The van der Waals surface area contributed by atoms with Gasteiger partial charge < -0.3 is 9.30 Å². The first kappa shape index (κ1) is 17.9. The number of imidazole rings is 1. The highest BCUT2D eigenvalue weighted by molar-refractivity contribution is 7.89. The molecule has 0 bridgehead atoms. The molecule has 1 atom stereocenters. The maximum absolute atomic E-state index is 12.8. The number of ether oxygens (including phenoxy) is 1. The van der Waals surface area contributed by atoms with Gasteiger partial charge in [0.2, 0.25) is 10.0 Å². The summed E-state index contributed by atoms with van der Waals surface area (Å²) in [5.74, 6) is 1.35. The van der Waals surface area contributed by atoms with Crippen LogP contribution in [0.1, 0.15) is 51.3 Å². The van der Waals surface area contributed by atoms with Crippen LogP contribution in [0.25, 0.3) is 11.0 Å². The SMILES string of the molecule is Cn1c(C2CCOC(C)(C)C2)nc2cc(S(=O)(=O)N3CCCC3)ccc21. The van der Waals surface area contributed by atoms with Crippen LogP contribution in [-0.2, 0) is 21.8 Å². The number of fused-ring (bicyclic) bond motifs is 1. The van der Waals surface area contributed by atoms with E-state index < -0.39 is 10.0 Å². The molecule has 2 aliphatic heterocycles. The normalized spacial score (nSPS) is 24.3. The van der Waals surface area contributed by atoms with Crippen LogP contribution in [0, 0.1) is 0 Å². The van der Waals surface area contributed by atoms with Crippen LogP contribution in [-0.4, -0.2) is 47.6 Å². The Balaban J connectivity index is 1.71. The van der Waals surface area contributed by atoms with E-state index in [0.717, 1.165) is 49.1 Å². The Morgan fingerprint density at radius 3 is 2.65 bits per heavy atom. The number of sulfonamides is 1. The number of benzene rings is 1. The van der Waals surface area contributed by atoms with E-state index in [1.807, 2.05) is 13.1 Å². The standard InChI is InChI=1S/C19H27N3O3S/c1-19(2)13-14(8-11-25-19)18-20-16-12-15(6-7-17(16)21(18)3)26(23,24)22-9-4-5-10-22/h6-7,12,14H,4-5,8-11,13H2,1-3H3. The summed E-state index contributed by atoms with van der Waals surface area (Å²) >= 11 is 0. The molecule has 3 heterocycles. The van der Waals surface area contributed by atoms with Crippen LogP contribution in [0.3, 0.4) is 0 Å². The molecule has 7 heteroatoms. The molecule has 2 aliphatic rings. The topological polar surface area (TPSA) is 64.4 Å². The van der Waals surface area contributed by atoms with Gasteiger partial charge in [-0.2, -0.15) is 4.31 Å². The van der Waals surface area contributed by atoms with Gasteiger partial charge in [0, 0.05) is 32.7 Å². The van der Waals surface area contributed by atoms with Crippen LogP contribution in [0.15, 0.2) is 23.1 Å². The summed E-state index contributed by atoms with van der Waals surface area (Å²) in [6, 6.07) is 5.34. The first-order valence-electron chi connectivity index (χ1n) is 9.38. The van der Waals surface area contributed by atoms with E-state index in [1.165, 1.54) is 0 Å². The molecule has 6 nitrogen and oxygen atoms in total. The molecule has 0 spiro atoms. The quantitative estimate of drug-likeness (QED) is 0.825. The van der Waals surface area contributed by atoms with Crippen molar-refractivity contribution >= 4 is 21.1 Å². The first-order chi connectivity index (χ1) is 12.3. The molecule has 0 N–H and O–H groups in total. The average Bonchev–Trinajstić information content (AvgIpc) is 3.22. The van der Waals surface area contributed by atoms with Gasteiger partial charge in [-0.1, -0.05) is 0 Å². The van der Waals surface area contributed by atoms with Crippen molar-refractivity contribution in [2.24, 2.45) is 7.05 Å². The Bertz CT molecular complexity index is 927. The van der Waals surface area contributed by atoms with Crippen LogP contribution in [0.4, 0.5) is 0 Å². The summed E-state index contributed by atoms with van der Waals surface area (Å²) in [6.45, 7) is 6.19. The van der Waals surface area contributed by atoms with Crippen molar-refractivity contribution in [2.75, 3.05) is 19.7 Å². The fourth-order valence-corrected chi connectivity index (χ4v) is 5.79. The van der Waals surface area contributed by atoms with Crippen molar-refractivity contribution < 1.29 is 13.2 Å². The third-order valence-corrected chi connectivity index (χ3v) is 7.55. The number of hydrogen-bond acceptors (Lipinski definition) is 4. The molecule has 2 fully saturated rings. The summed E-state index contributed by atoms with van der Waals surface area (Å²) in [5.41, 5.74) is 1.59. The molecular formula is C19H27N3O3S. The molecule has 26 heavy (non-hydrogen) atoms. The van der Waals surface area contributed by atoms with Crippen molar-refractivity contribution in [3.8, 4) is 0 Å². The summed E-state index contributed by atoms with van der Waals surface area (Å²) in [4.78, 5) is 5.18. The van der Waals surface area contributed by atoms with Crippen LogP contribution < -0.4 is 0 Å². The van der Waals surface area contributed by atoms with Crippen molar-refractivity contribution in [1.29, 1.82) is 0 Å². The minimum absolute atomic E-state index is 0.148. The molecule has 0 aliphatic carbocycles. The van der Waals surface area contributed by atoms with E-state index in [9.17, 15) is 8.42 Å². The molecule has 1 aromatic heterocycles. The monoisotopic (exact) mass is 377 g/mol. The van der Waals surface area contributed by atoms with E-state index in [-0.39, 0.29) is 5.60 Å². The van der Waals surface area contributed by atoms with Gasteiger partial charge in [0.1, 0.15) is 5.82 Å². The molecule has 2 saturated heterocycles. The molecule has 0 radical (unpaired) electrons. The highest BCUT2D eigenvalue weighted by Crippen LogP contribution is 2.36. The molecule has 0 amide bonds. The Kier molecular flexibility index (Phi) is 4.36. The smallest absolute Gasteiger partial charge is 0.243 e. The predicted octanol–water partition coefficient (Wildman–Crippen LogP) is 3.03. The lowest BCUT2D eigenvalue weighted by atomic mass is 9.88. The van der Waals surface area contributed by atoms with Gasteiger partial charge in [-0.3, -0.25) is 0 Å². The van der Waals surface area contributed by atoms with Gasteiger partial charge in [0.05, 0.1) is 21.5 Å². The maximum atomic E-state index is 12.8. The number of hydrogen-bond donors (Lipinski definition) is 0. The lowest BCUT2D eigenvalue weighted by molar-refractivity contribution is -0.0605. The molecule has 2 aromatic rings. The Hall–Kier alpha value is -1.44. The molecule has 1 unspecified atom stereocenters. The summed E-state index contributed by atoms with van der Waals surface area (Å²) < 4.78 is 35.2. The van der Waals surface area contributed by atoms with E-state index in [4.69, 9.17) is 9.72 Å². The zero-order valence-corrected chi connectivity index (χ0v) is 16.6. The lowest BCUT2D eigenvalue weighted by Crippen LogP contribution is -2.33. The fraction of sp³-hybridized carbons (Fsp3) is 0.632. The van der Waals surface area contributed by atoms with E-state index >= 15 is 0 Å². The molecule has 4 rings (SSSR count). The van der Waals surface area contributed by atoms with Gasteiger partial charge in [-0.05, 0) is 57.7 Å². The molecular weight excluding hydrogens is 350 g/mol. The number of nitrogens with zero attached hydrogens (tertiary/aromatic N) is 3. The summed E-state index contributed by atoms with van der Waals surface area (Å²) in [7, 11) is -1.40. The van der Waals surface area contributed by atoms with Crippen molar-refractivity contribution in [1.82, 2.24) is 13.9 Å². The van der Waals surface area contributed by atoms with Crippen LogP contribution >= 0.6 is 0 Å². The minimum Gasteiger partial charge on any atom is -0.376 e. The lowest BCUT2D eigenvalue weighted by Gasteiger charge is -2.35. The Morgan fingerprint density at radius 2 is 1.96 bits per heavy atom. The highest BCUT2D eigenvalue weighted by atomic mass is 32.2. The van der Waals surface area contributed by atoms with Gasteiger partial charge in [0.25, 0.3) is 0 Å². The zero-order chi connectivity index (χ0) is 18.5. The molecule has 142 valence electrons. The van der Waals surface area contributed by atoms with Crippen LogP contribution in [0.5, 0.6) is 0 Å². The fourth-order valence-electron chi connectivity index (χ4n) is 4.25. The zero-order valence-electron chi connectivity index (χ0n) is 15.7. The first-order valence-corrected chi connectivity index (χ1v) is 10.8. The predicted molar refractivity (Wildman–Crippen MR) is 101 cm³/mol. The average molecular weight is 378 g/mol.